The maximum Gasteiger partial charge on any atom is 0.246 e. The van der Waals surface area contributed by atoms with Crippen molar-refractivity contribution in [1.82, 2.24) is 10.2 Å². The summed E-state index contributed by atoms with van der Waals surface area (Å²) >= 11 is 0. The van der Waals surface area contributed by atoms with Crippen LogP contribution in [0, 0.1) is 5.41 Å². The molecular formula is C15H27N3O4. The molecule has 0 bridgehead atoms. The Hall–Kier alpha value is -1.47. The standard InChI is InChI=1S/C15H27N3O4/c1-15(2,3)13(17-12(20)10-22-8-6-16)14(21)18-7-4-5-11(18)9-19/h9,11,13H,4-8,10,16H2,1-3H3,(H,17,20)/t11-,13+/m0/s1. The van der Waals surface area contributed by atoms with Crippen LogP contribution in [0.1, 0.15) is 33.6 Å². The van der Waals surface area contributed by atoms with E-state index in [2.05, 4.69) is 5.32 Å². The molecule has 0 radical (unpaired) electrons. The first-order chi connectivity index (χ1) is 10.3. The van der Waals surface area contributed by atoms with Crippen LogP contribution in [-0.4, -0.2) is 61.4 Å². The van der Waals surface area contributed by atoms with Gasteiger partial charge in [0.2, 0.25) is 11.8 Å². The van der Waals surface area contributed by atoms with Gasteiger partial charge in [0, 0.05) is 13.1 Å². The predicted octanol–water partition coefficient (Wildman–Crippen LogP) is -0.317. The monoisotopic (exact) mass is 313 g/mol. The molecule has 2 amide bonds. The number of nitrogens with two attached hydrogens (primary N) is 1. The Balaban J connectivity index is 2.74. The van der Waals surface area contributed by atoms with Gasteiger partial charge in [-0.15, -0.1) is 0 Å². The van der Waals surface area contributed by atoms with Crippen molar-refractivity contribution in [2.24, 2.45) is 11.1 Å². The van der Waals surface area contributed by atoms with Gasteiger partial charge in [0.15, 0.2) is 0 Å². The highest BCUT2D eigenvalue weighted by atomic mass is 16.5. The average Bonchev–Trinajstić information content (AvgIpc) is 2.91. The normalized spacial score (nSPS) is 19.8. The molecule has 126 valence electrons. The van der Waals surface area contributed by atoms with Crippen molar-refractivity contribution >= 4 is 18.1 Å². The Morgan fingerprint density at radius 2 is 2.14 bits per heavy atom. The molecule has 0 saturated carbocycles. The Labute approximate surface area is 131 Å². The summed E-state index contributed by atoms with van der Waals surface area (Å²) in [6.45, 7) is 6.68. The van der Waals surface area contributed by atoms with E-state index < -0.39 is 11.5 Å². The number of hydrogen-bond donors (Lipinski definition) is 2. The third-order valence-electron chi connectivity index (χ3n) is 3.65. The molecule has 1 rings (SSSR count). The molecule has 0 aliphatic carbocycles. The lowest BCUT2D eigenvalue weighted by Gasteiger charge is -2.34. The number of likely N-dealkylation sites (tertiary alicyclic amines) is 1. The van der Waals surface area contributed by atoms with E-state index in [-0.39, 0.29) is 24.5 Å². The summed E-state index contributed by atoms with van der Waals surface area (Å²) in [4.78, 5) is 37.3. The fourth-order valence-electron chi connectivity index (χ4n) is 2.47. The second-order valence-electron chi connectivity index (χ2n) is 6.59. The first-order valence-electron chi connectivity index (χ1n) is 7.64. The molecule has 1 aliphatic rings. The summed E-state index contributed by atoms with van der Waals surface area (Å²) in [5.41, 5.74) is 4.83. The summed E-state index contributed by atoms with van der Waals surface area (Å²) in [6, 6.07) is -1.08. The number of amides is 2. The van der Waals surface area contributed by atoms with Crippen LogP contribution in [0.25, 0.3) is 0 Å². The molecule has 0 unspecified atom stereocenters. The second kappa shape index (κ2) is 8.24. The lowest BCUT2D eigenvalue weighted by atomic mass is 9.85. The average molecular weight is 313 g/mol. The Kier molecular flexibility index (Phi) is 6.96. The fourth-order valence-corrected chi connectivity index (χ4v) is 2.47. The van der Waals surface area contributed by atoms with Crippen LogP contribution in [-0.2, 0) is 19.1 Å². The molecule has 3 N–H and O–H groups in total. The Morgan fingerprint density at radius 3 is 2.68 bits per heavy atom. The number of nitrogens with zero attached hydrogens (tertiary/aromatic N) is 1. The molecule has 1 fully saturated rings. The van der Waals surface area contributed by atoms with Crippen molar-refractivity contribution in [3.63, 3.8) is 0 Å². The first-order valence-corrected chi connectivity index (χ1v) is 7.64. The largest absolute Gasteiger partial charge is 0.370 e. The number of nitrogens with one attached hydrogen (secondary N) is 1. The molecule has 7 heteroatoms. The summed E-state index contributed by atoms with van der Waals surface area (Å²) < 4.78 is 5.09. The molecule has 2 atom stereocenters. The number of carbonyl (C=O) groups excluding carboxylic acids is 3. The number of carbonyl (C=O) groups is 3. The summed E-state index contributed by atoms with van der Waals surface area (Å²) in [6.07, 6.45) is 2.29. The van der Waals surface area contributed by atoms with E-state index in [0.717, 1.165) is 12.7 Å². The molecule has 22 heavy (non-hydrogen) atoms. The zero-order valence-corrected chi connectivity index (χ0v) is 13.6. The van der Waals surface area contributed by atoms with Gasteiger partial charge in [-0.3, -0.25) is 9.59 Å². The van der Waals surface area contributed by atoms with Crippen LogP contribution in [0.4, 0.5) is 0 Å². The topological polar surface area (TPSA) is 102 Å². The maximum absolute atomic E-state index is 12.7. The number of aldehydes is 1. The third-order valence-corrected chi connectivity index (χ3v) is 3.65. The van der Waals surface area contributed by atoms with Gasteiger partial charge in [0.1, 0.15) is 18.9 Å². The molecular weight excluding hydrogens is 286 g/mol. The van der Waals surface area contributed by atoms with Gasteiger partial charge in [-0.25, -0.2) is 0 Å². The van der Waals surface area contributed by atoms with E-state index in [1.54, 1.807) is 4.90 Å². The zero-order chi connectivity index (χ0) is 16.8. The van der Waals surface area contributed by atoms with Crippen LogP contribution >= 0.6 is 0 Å². The minimum Gasteiger partial charge on any atom is -0.370 e. The minimum absolute atomic E-state index is 0.131. The van der Waals surface area contributed by atoms with E-state index in [0.29, 0.717) is 26.1 Å². The van der Waals surface area contributed by atoms with Crippen molar-refractivity contribution in [3.8, 4) is 0 Å². The van der Waals surface area contributed by atoms with Crippen LogP contribution in [0.2, 0.25) is 0 Å². The Bertz CT molecular complexity index is 406. The van der Waals surface area contributed by atoms with Crippen LogP contribution < -0.4 is 11.1 Å². The quantitative estimate of drug-likeness (QED) is 0.495. The van der Waals surface area contributed by atoms with Gasteiger partial charge in [-0.05, 0) is 18.3 Å². The van der Waals surface area contributed by atoms with Crippen molar-refractivity contribution in [3.05, 3.63) is 0 Å². The van der Waals surface area contributed by atoms with Gasteiger partial charge in [0.05, 0.1) is 12.6 Å². The van der Waals surface area contributed by atoms with Crippen LogP contribution in [0.15, 0.2) is 0 Å². The molecule has 7 nitrogen and oxygen atoms in total. The summed E-state index contributed by atoms with van der Waals surface area (Å²) in [7, 11) is 0. The van der Waals surface area contributed by atoms with Crippen molar-refractivity contribution in [1.29, 1.82) is 0 Å². The van der Waals surface area contributed by atoms with Crippen LogP contribution in [0.5, 0.6) is 0 Å². The van der Waals surface area contributed by atoms with E-state index in [1.807, 2.05) is 20.8 Å². The molecule has 0 aromatic heterocycles. The third kappa shape index (κ3) is 5.06. The lowest BCUT2D eigenvalue weighted by Crippen LogP contribution is -2.56. The lowest BCUT2D eigenvalue weighted by molar-refractivity contribution is -0.142. The fraction of sp³-hybridized carbons (Fsp3) is 0.800. The van der Waals surface area contributed by atoms with E-state index >= 15 is 0 Å². The number of hydrogen-bond acceptors (Lipinski definition) is 5. The molecule has 0 aromatic rings. The van der Waals surface area contributed by atoms with Gasteiger partial charge in [-0.1, -0.05) is 20.8 Å². The zero-order valence-electron chi connectivity index (χ0n) is 13.6. The first kappa shape index (κ1) is 18.6. The smallest absolute Gasteiger partial charge is 0.246 e. The SMILES string of the molecule is CC(C)(C)[C@H](NC(=O)COCCN)C(=O)N1CCC[C@H]1C=O. The predicted molar refractivity (Wildman–Crippen MR) is 82.1 cm³/mol. The van der Waals surface area contributed by atoms with Gasteiger partial charge >= 0.3 is 0 Å². The highest BCUT2D eigenvalue weighted by Gasteiger charge is 2.39. The van der Waals surface area contributed by atoms with E-state index in [4.69, 9.17) is 10.5 Å². The number of ether oxygens (including phenoxy) is 1. The van der Waals surface area contributed by atoms with Gasteiger partial charge < -0.3 is 25.5 Å². The highest BCUT2D eigenvalue weighted by molar-refractivity contribution is 5.90. The highest BCUT2D eigenvalue weighted by Crippen LogP contribution is 2.25. The molecule has 0 aromatic carbocycles. The molecule has 1 saturated heterocycles. The Morgan fingerprint density at radius 1 is 1.45 bits per heavy atom. The molecule has 0 spiro atoms. The van der Waals surface area contributed by atoms with Crippen molar-refractivity contribution in [2.75, 3.05) is 26.3 Å². The minimum atomic E-state index is -0.693. The number of rotatable bonds is 7. The van der Waals surface area contributed by atoms with E-state index in [9.17, 15) is 14.4 Å². The van der Waals surface area contributed by atoms with Crippen molar-refractivity contribution in [2.45, 2.75) is 45.7 Å². The molecule has 1 aliphatic heterocycles. The van der Waals surface area contributed by atoms with Crippen LogP contribution in [0.3, 0.4) is 0 Å². The van der Waals surface area contributed by atoms with E-state index in [1.165, 1.54) is 0 Å². The maximum atomic E-state index is 12.7. The molecule has 1 heterocycles. The summed E-state index contributed by atoms with van der Waals surface area (Å²) in [5.74, 6) is -0.571. The van der Waals surface area contributed by atoms with Gasteiger partial charge in [-0.2, -0.15) is 0 Å². The summed E-state index contributed by atoms with van der Waals surface area (Å²) in [5, 5.41) is 2.73. The second-order valence-corrected chi connectivity index (χ2v) is 6.59. The van der Waals surface area contributed by atoms with Gasteiger partial charge in [0.25, 0.3) is 0 Å². The van der Waals surface area contributed by atoms with Crippen molar-refractivity contribution < 1.29 is 19.1 Å².